The first kappa shape index (κ1) is 18.7. The van der Waals surface area contributed by atoms with Gasteiger partial charge in [-0.3, -0.25) is 0 Å². The summed E-state index contributed by atoms with van der Waals surface area (Å²) in [6.45, 7) is 0. The highest BCUT2D eigenvalue weighted by molar-refractivity contribution is 7.99. The molecule has 3 nitrogen and oxygen atoms in total. The standard InChI is InChI=1S/C25H17N3S3/c26-16-7-1-4-10-19(16)29-15-13-22-24(27-17-8-2-5-11-20(17)30-22)25-23(14-15)31-21-12-6-3-9-18(21)28-25/h1-14,27H,26H2. The first-order valence-corrected chi connectivity index (χ1v) is 12.3. The zero-order chi connectivity index (χ0) is 20.8. The van der Waals surface area contributed by atoms with E-state index in [-0.39, 0.29) is 0 Å². The van der Waals surface area contributed by atoms with Crippen LogP contribution in [0.5, 0.6) is 0 Å². The first-order valence-electron chi connectivity index (χ1n) is 9.85. The van der Waals surface area contributed by atoms with E-state index in [9.17, 15) is 0 Å². The number of H-pyrrole nitrogens is 1. The molecule has 0 unspecified atom stereocenters. The molecule has 3 aromatic rings. The topological polar surface area (TPSA) is 54.7 Å². The van der Waals surface area contributed by atoms with Crippen LogP contribution < -0.4 is 5.73 Å². The van der Waals surface area contributed by atoms with Gasteiger partial charge < -0.3 is 10.7 Å². The highest BCUT2D eigenvalue weighted by atomic mass is 32.2. The zero-order valence-corrected chi connectivity index (χ0v) is 18.8. The molecule has 6 rings (SSSR count). The Morgan fingerprint density at radius 1 is 0.806 bits per heavy atom. The number of nitrogens with zero attached hydrogens (tertiary/aromatic N) is 1. The molecule has 0 atom stereocenters. The van der Waals surface area contributed by atoms with Gasteiger partial charge in [0.1, 0.15) is 5.69 Å². The second-order valence-electron chi connectivity index (χ2n) is 7.19. The van der Waals surface area contributed by atoms with Crippen molar-refractivity contribution < 1.29 is 0 Å². The average Bonchev–Trinajstić information content (AvgIpc) is 2.93. The van der Waals surface area contributed by atoms with Crippen LogP contribution in [0.2, 0.25) is 0 Å². The lowest BCUT2D eigenvalue weighted by atomic mass is 10.3. The molecule has 0 saturated heterocycles. The quantitative estimate of drug-likeness (QED) is 0.265. The Hall–Kier alpha value is -3.06. The van der Waals surface area contributed by atoms with Crippen molar-refractivity contribution >= 4 is 60.6 Å². The molecule has 3 aliphatic rings. The average molecular weight is 456 g/mol. The summed E-state index contributed by atoms with van der Waals surface area (Å²) >= 11 is 5.25. The minimum Gasteiger partial charge on any atom is -0.398 e. The Morgan fingerprint density at radius 2 is 1.58 bits per heavy atom. The van der Waals surface area contributed by atoms with Crippen LogP contribution in [0, 0.1) is 9.88 Å². The summed E-state index contributed by atoms with van der Waals surface area (Å²) in [5.41, 5.74) is 10.2. The lowest BCUT2D eigenvalue weighted by Gasteiger charge is -2.06. The lowest BCUT2D eigenvalue weighted by molar-refractivity contribution is 1.28. The molecule has 3 N–H and O–H groups in total. The number of para-hydroxylation sites is 3. The Labute approximate surface area is 190 Å². The number of aromatic amines is 1. The summed E-state index contributed by atoms with van der Waals surface area (Å²) in [4.78, 5) is 12.1. The van der Waals surface area contributed by atoms with Crippen molar-refractivity contribution in [2.24, 2.45) is 0 Å². The molecule has 2 heterocycles. The predicted octanol–water partition coefficient (Wildman–Crippen LogP) is 7.53. The fraction of sp³-hybridized carbons (Fsp3) is 0. The van der Waals surface area contributed by atoms with Gasteiger partial charge in [0.25, 0.3) is 0 Å². The molecule has 150 valence electrons. The Kier molecular flexibility index (Phi) is 4.56. The SMILES string of the molecule is Nc1ccccc1Sc1cc2sc3ccccc3nc-2c2[nH]c3ccccc3sc=2c1. The third-order valence-corrected chi connectivity index (χ3v) is 8.37. The van der Waals surface area contributed by atoms with Gasteiger partial charge in [0, 0.05) is 15.5 Å². The molecule has 0 spiro atoms. The Morgan fingerprint density at radius 3 is 2.48 bits per heavy atom. The van der Waals surface area contributed by atoms with Gasteiger partial charge in [0.05, 0.1) is 35.2 Å². The van der Waals surface area contributed by atoms with Crippen LogP contribution in [-0.4, -0.2) is 9.97 Å². The van der Waals surface area contributed by atoms with Crippen LogP contribution in [0.15, 0.2) is 94.7 Å². The molecular weight excluding hydrogens is 438 g/mol. The van der Waals surface area contributed by atoms with E-state index in [0.29, 0.717) is 0 Å². The fourth-order valence-electron chi connectivity index (χ4n) is 3.62. The fourth-order valence-corrected chi connectivity index (χ4v) is 6.79. The maximum Gasteiger partial charge on any atom is 0.106 e. The summed E-state index contributed by atoms with van der Waals surface area (Å²) in [5, 5.41) is 1.06. The predicted molar refractivity (Wildman–Crippen MR) is 134 cm³/mol. The number of anilines is 1. The number of hydrogen-bond donors (Lipinski definition) is 2. The number of fused-ring (bicyclic) bond motifs is 4. The van der Waals surface area contributed by atoms with Gasteiger partial charge in [-0.25, -0.2) is 4.98 Å². The largest absolute Gasteiger partial charge is 0.398 e. The second-order valence-corrected chi connectivity index (χ2v) is 10.5. The zero-order valence-electron chi connectivity index (χ0n) is 16.3. The molecule has 2 aliphatic heterocycles. The number of benzene rings is 3. The van der Waals surface area contributed by atoms with E-state index in [1.165, 1.54) is 13.9 Å². The number of nitrogens with two attached hydrogens (primary N) is 1. The number of aromatic nitrogens is 2. The van der Waals surface area contributed by atoms with Crippen LogP contribution in [0.4, 0.5) is 5.69 Å². The number of rotatable bonds is 2. The molecule has 0 aromatic heterocycles. The summed E-state index contributed by atoms with van der Waals surface area (Å²) < 4.78 is 3.56. The van der Waals surface area contributed by atoms with Crippen LogP contribution in [-0.2, 0) is 0 Å². The summed E-state index contributed by atoms with van der Waals surface area (Å²) in [6.07, 6.45) is 0. The minimum atomic E-state index is 0.792. The van der Waals surface area contributed by atoms with Crippen molar-refractivity contribution in [2.75, 3.05) is 5.73 Å². The molecule has 31 heavy (non-hydrogen) atoms. The van der Waals surface area contributed by atoms with Crippen LogP contribution in [0.3, 0.4) is 0 Å². The van der Waals surface area contributed by atoms with Crippen LogP contribution >= 0.6 is 34.4 Å². The smallest absolute Gasteiger partial charge is 0.106 e. The van der Waals surface area contributed by atoms with Gasteiger partial charge in [0.2, 0.25) is 0 Å². The minimum absolute atomic E-state index is 0.792. The van der Waals surface area contributed by atoms with Crippen LogP contribution in [0.25, 0.3) is 31.0 Å². The first-order chi connectivity index (χ1) is 15.2. The van der Waals surface area contributed by atoms with Gasteiger partial charge in [-0.2, -0.15) is 0 Å². The van der Waals surface area contributed by atoms with Crippen molar-refractivity contribution in [3.8, 4) is 10.6 Å². The molecule has 0 bridgehead atoms. The van der Waals surface area contributed by atoms with Crippen molar-refractivity contribution in [3.05, 3.63) is 94.8 Å². The van der Waals surface area contributed by atoms with Crippen molar-refractivity contribution in [2.45, 2.75) is 9.79 Å². The third kappa shape index (κ3) is 3.43. The number of nitrogens with one attached hydrogen (secondary N) is 1. The molecule has 0 fully saturated rings. The van der Waals surface area contributed by atoms with Gasteiger partial charge >= 0.3 is 0 Å². The maximum absolute atomic E-state index is 6.24. The summed E-state index contributed by atoms with van der Waals surface area (Å²) in [7, 11) is 0. The van der Waals surface area contributed by atoms with E-state index >= 15 is 0 Å². The third-order valence-electron chi connectivity index (χ3n) is 5.09. The van der Waals surface area contributed by atoms with E-state index in [2.05, 4.69) is 65.6 Å². The lowest BCUT2D eigenvalue weighted by Crippen LogP contribution is -1.89. The Balaban J connectivity index is 1.73. The molecular formula is C25H17N3S3. The molecule has 6 heteroatoms. The molecule has 0 radical (unpaired) electrons. The highest BCUT2D eigenvalue weighted by Crippen LogP contribution is 2.38. The molecule has 0 saturated carbocycles. The summed E-state index contributed by atoms with van der Waals surface area (Å²) in [6, 6.07) is 29.2. The van der Waals surface area contributed by atoms with Crippen molar-refractivity contribution in [1.82, 2.24) is 9.97 Å². The van der Waals surface area contributed by atoms with Crippen molar-refractivity contribution in [1.29, 1.82) is 0 Å². The molecule has 0 amide bonds. The van der Waals surface area contributed by atoms with E-state index in [4.69, 9.17) is 10.7 Å². The monoisotopic (exact) mass is 455 g/mol. The van der Waals surface area contributed by atoms with E-state index in [0.717, 1.165) is 42.4 Å². The van der Waals surface area contributed by atoms with E-state index < -0.39 is 0 Å². The maximum atomic E-state index is 6.24. The normalized spacial score (nSPS) is 11.5. The van der Waals surface area contributed by atoms with E-state index in [1.54, 1.807) is 34.4 Å². The van der Waals surface area contributed by atoms with Gasteiger partial charge in [-0.1, -0.05) is 48.2 Å². The van der Waals surface area contributed by atoms with Crippen molar-refractivity contribution in [3.63, 3.8) is 0 Å². The molecule has 3 aromatic carbocycles. The van der Waals surface area contributed by atoms with E-state index in [1.807, 2.05) is 24.3 Å². The van der Waals surface area contributed by atoms with Crippen LogP contribution in [0.1, 0.15) is 0 Å². The number of hydrogen-bond acceptors (Lipinski definition) is 5. The second kappa shape index (κ2) is 7.57. The van der Waals surface area contributed by atoms with Gasteiger partial charge in [-0.15, -0.1) is 22.7 Å². The van der Waals surface area contributed by atoms with Gasteiger partial charge in [-0.05, 0) is 48.5 Å². The summed E-state index contributed by atoms with van der Waals surface area (Å²) in [5.74, 6) is 0. The van der Waals surface area contributed by atoms with Gasteiger partial charge in [0.15, 0.2) is 0 Å². The Bertz CT molecular complexity index is 1640. The highest BCUT2D eigenvalue weighted by Gasteiger charge is 2.13. The number of nitrogen functional groups attached to an aromatic ring is 1. The molecule has 1 aliphatic carbocycles.